The van der Waals surface area contributed by atoms with Gasteiger partial charge in [-0.05, 0) is 30.3 Å². The fraction of sp³-hybridized carbons (Fsp3) is 0. The maximum absolute atomic E-state index is 12.1. The lowest BCUT2D eigenvalue weighted by atomic mass is 10.2. The molecule has 3 nitrogen and oxygen atoms in total. The molecule has 16 heavy (non-hydrogen) atoms. The highest BCUT2D eigenvalue weighted by atomic mass is 35.5. The molecule has 0 unspecified atom stereocenters. The fourth-order valence-electron chi connectivity index (χ4n) is 1.73. The molecule has 0 N–H and O–H groups in total. The first-order valence-electron chi connectivity index (χ1n) is 4.82. The van der Waals surface area contributed by atoms with Crippen molar-refractivity contribution < 1.29 is 0 Å². The van der Waals surface area contributed by atoms with E-state index in [0.717, 1.165) is 0 Å². The van der Waals surface area contributed by atoms with Crippen LogP contribution in [-0.2, 0) is 0 Å². The van der Waals surface area contributed by atoms with E-state index in [4.69, 9.17) is 11.6 Å². The van der Waals surface area contributed by atoms with Crippen LogP contribution in [0.25, 0.3) is 16.6 Å². The Hall–Kier alpha value is -1.87. The van der Waals surface area contributed by atoms with Gasteiger partial charge in [-0.25, -0.2) is 4.98 Å². The summed E-state index contributed by atoms with van der Waals surface area (Å²) < 4.78 is 1.52. The van der Waals surface area contributed by atoms with E-state index in [2.05, 4.69) is 4.98 Å². The summed E-state index contributed by atoms with van der Waals surface area (Å²) in [5.74, 6) is 0. The number of rotatable bonds is 0. The van der Waals surface area contributed by atoms with Gasteiger partial charge in [0.1, 0.15) is 5.65 Å². The SMILES string of the molecule is O=c1c2ccc(Cl)cc2nc2ccccn12. The average Bonchev–Trinajstić information content (AvgIpc) is 2.29. The van der Waals surface area contributed by atoms with Crippen molar-refractivity contribution >= 4 is 28.2 Å². The lowest BCUT2D eigenvalue weighted by Crippen LogP contribution is -2.14. The van der Waals surface area contributed by atoms with Gasteiger partial charge in [0.2, 0.25) is 0 Å². The van der Waals surface area contributed by atoms with Crippen LogP contribution < -0.4 is 5.56 Å². The molecule has 0 fully saturated rings. The van der Waals surface area contributed by atoms with Gasteiger partial charge in [-0.1, -0.05) is 17.7 Å². The molecule has 1 aromatic carbocycles. The molecule has 0 aliphatic carbocycles. The van der Waals surface area contributed by atoms with Crippen LogP contribution in [0.3, 0.4) is 0 Å². The Labute approximate surface area is 95.9 Å². The number of aromatic nitrogens is 2. The Balaban J connectivity index is 2.61. The standard InChI is InChI=1S/C12H7ClN2O/c13-8-4-5-9-10(7-8)14-11-3-1-2-6-15(11)12(9)16/h1-7H. The first kappa shape index (κ1) is 9.36. The van der Waals surface area contributed by atoms with E-state index in [-0.39, 0.29) is 5.56 Å². The Kier molecular flexibility index (Phi) is 1.94. The number of pyridine rings is 1. The monoisotopic (exact) mass is 230 g/mol. The first-order chi connectivity index (χ1) is 7.75. The van der Waals surface area contributed by atoms with Crippen LogP contribution in [0.15, 0.2) is 47.4 Å². The van der Waals surface area contributed by atoms with Crippen molar-refractivity contribution in [1.29, 1.82) is 0 Å². The molecule has 2 aromatic heterocycles. The number of nitrogens with zero attached hydrogens (tertiary/aromatic N) is 2. The Morgan fingerprint density at radius 2 is 2.06 bits per heavy atom. The quantitative estimate of drug-likeness (QED) is 0.556. The van der Waals surface area contributed by atoms with E-state index in [1.54, 1.807) is 36.5 Å². The van der Waals surface area contributed by atoms with Crippen LogP contribution >= 0.6 is 11.6 Å². The normalized spacial score (nSPS) is 11.1. The molecule has 3 rings (SSSR count). The second-order valence-electron chi connectivity index (χ2n) is 3.51. The van der Waals surface area contributed by atoms with Gasteiger partial charge in [0.25, 0.3) is 5.56 Å². The molecule has 3 aromatic rings. The third-order valence-electron chi connectivity index (χ3n) is 2.48. The Morgan fingerprint density at radius 3 is 2.94 bits per heavy atom. The molecule has 2 heterocycles. The van der Waals surface area contributed by atoms with Gasteiger partial charge >= 0.3 is 0 Å². The first-order valence-corrected chi connectivity index (χ1v) is 5.20. The third-order valence-corrected chi connectivity index (χ3v) is 2.72. The van der Waals surface area contributed by atoms with Gasteiger partial charge in [0, 0.05) is 11.2 Å². The maximum Gasteiger partial charge on any atom is 0.265 e. The molecular weight excluding hydrogens is 224 g/mol. The highest BCUT2D eigenvalue weighted by Crippen LogP contribution is 2.15. The summed E-state index contributed by atoms with van der Waals surface area (Å²) >= 11 is 5.87. The predicted molar refractivity (Wildman–Crippen MR) is 64.0 cm³/mol. The van der Waals surface area contributed by atoms with Crippen LogP contribution in [0.4, 0.5) is 0 Å². The summed E-state index contributed by atoms with van der Waals surface area (Å²) in [6.07, 6.45) is 1.71. The van der Waals surface area contributed by atoms with Crippen molar-refractivity contribution in [2.75, 3.05) is 0 Å². The van der Waals surface area contributed by atoms with E-state index in [1.807, 2.05) is 6.07 Å². The van der Waals surface area contributed by atoms with Gasteiger partial charge < -0.3 is 0 Å². The van der Waals surface area contributed by atoms with E-state index in [0.29, 0.717) is 21.6 Å². The van der Waals surface area contributed by atoms with Gasteiger partial charge in [0.05, 0.1) is 10.9 Å². The smallest absolute Gasteiger partial charge is 0.265 e. The Morgan fingerprint density at radius 1 is 1.19 bits per heavy atom. The van der Waals surface area contributed by atoms with Crippen molar-refractivity contribution in [3.63, 3.8) is 0 Å². The van der Waals surface area contributed by atoms with E-state index < -0.39 is 0 Å². The summed E-state index contributed by atoms with van der Waals surface area (Å²) in [5.41, 5.74) is 1.18. The van der Waals surface area contributed by atoms with Crippen molar-refractivity contribution in [1.82, 2.24) is 9.38 Å². The molecule has 0 spiro atoms. The number of fused-ring (bicyclic) bond motifs is 2. The van der Waals surface area contributed by atoms with Crippen LogP contribution in [0, 0.1) is 0 Å². The van der Waals surface area contributed by atoms with Crippen molar-refractivity contribution in [3.8, 4) is 0 Å². The number of hydrogen-bond donors (Lipinski definition) is 0. The minimum absolute atomic E-state index is 0.0720. The predicted octanol–water partition coefficient (Wildman–Crippen LogP) is 2.50. The largest absolute Gasteiger partial charge is 0.268 e. The van der Waals surface area contributed by atoms with Crippen molar-refractivity contribution in [2.45, 2.75) is 0 Å². The van der Waals surface area contributed by atoms with Crippen molar-refractivity contribution in [2.24, 2.45) is 0 Å². The molecular formula is C12H7ClN2O. The molecule has 0 saturated carbocycles. The third kappa shape index (κ3) is 1.29. The second kappa shape index (κ2) is 3.32. The van der Waals surface area contributed by atoms with Crippen LogP contribution in [0.2, 0.25) is 5.02 Å². The Bertz CT molecular complexity index is 749. The fourth-order valence-corrected chi connectivity index (χ4v) is 1.89. The van der Waals surface area contributed by atoms with Gasteiger partial charge in [-0.2, -0.15) is 0 Å². The minimum Gasteiger partial charge on any atom is -0.268 e. The summed E-state index contributed by atoms with van der Waals surface area (Å²) in [4.78, 5) is 16.5. The van der Waals surface area contributed by atoms with E-state index >= 15 is 0 Å². The lowest BCUT2D eigenvalue weighted by Gasteiger charge is -2.02. The van der Waals surface area contributed by atoms with Crippen LogP contribution in [-0.4, -0.2) is 9.38 Å². The number of halogens is 1. The number of hydrogen-bond acceptors (Lipinski definition) is 2. The molecule has 0 atom stereocenters. The second-order valence-corrected chi connectivity index (χ2v) is 3.94. The highest BCUT2D eigenvalue weighted by molar-refractivity contribution is 6.31. The van der Waals surface area contributed by atoms with Gasteiger partial charge in [-0.3, -0.25) is 9.20 Å². The maximum atomic E-state index is 12.1. The van der Waals surface area contributed by atoms with Gasteiger partial charge in [-0.15, -0.1) is 0 Å². The van der Waals surface area contributed by atoms with Gasteiger partial charge in [0.15, 0.2) is 0 Å². The summed E-state index contributed by atoms with van der Waals surface area (Å²) in [7, 11) is 0. The molecule has 0 radical (unpaired) electrons. The molecule has 4 heteroatoms. The molecule has 0 aliphatic heterocycles. The number of benzene rings is 1. The van der Waals surface area contributed by atoms with Crippen LogP contribution in [0.1, 0.15) is 0 Å². The summed E-state index contributed by atoms with van der Waals surface area (Å²) in [6, 6.07) is 10.5. The van der Waals surface area contributed by atoms with E-state index in [9.17, 15) is 4.79 Å². The minimum atomic E-state index is -0.0720. The summed E-state index contributed by atoms with van der Waals surface area (Å²) in [6.45, 7) is 0. The molecule has 0 bridgehead atoms. The van der Waals surface area contributed by atoms with E-state index in [1.165, 1.54) is 4.40 Å². The summed E-state index contributed by atoms with van der Waals surface area (Å²) in [5, 5.41) is 1.16. The molecule has 0 aliphatic rings. The van der Waals surface area contributed by atoms with Crippen LogP contribution in [0.5, 0.6) is 0 Å². The zero-order chi connectivity index (χ0) is 11.1. The molecule has 0 amide bonds. The zero-order valence-electron chi connectivity index (χ0n) is 8.22. The molecule has 0 saturated heterocycles. The average molecular weight is 231 g/mol. The lowest BCUT2D eigenvalue weighted by molar-refractivity contribution is 1.08. The highest BCUT2D eigenvalue weighted by Gasteiger charge is 2.04. The zero-order valence-corrected chi connectivity index (χ0v) is 8.98. The molecule has 78 valence electrons. The topological polar surface area (TPSA) is 34.4 Å². The van der Waals surface area contributed by atoms with Crippen molar-refractivity contribution in [3.05, 3.63) is 58.0 Å².